The Hall–Kier alpha value is -3.07. The fourth-order valence-electron chi connectivity index (χ4n) is 4.50. The van der Waals surface area contributed by atoms with E-state index in [1.807, 2.05) is 4.57 Å². The average Bonchev–Trinajstić information content (AvgIpc) is 3.34. The van der Waals surface area contributed by atoms with Crippen LogP contribution in [0.15, 0.2) is 36.7 Å². The van der Waals surface area contributed by atoms with Crippen LogP contribution in [0.5, 0.6) is 5.75 Å². The standard InChI is InChI=1S/C19H11ClF3N5O/c20-9-4-12-11(5-10(9)21)26-18-14-6-13(27(12)18)16-8(17-24-7-25-28(14)17)2-1-3-15(16)29-19(22)23/h1-5,7,13-14,19H,6H2/t13-,14?/m0/s1. The minimum Gasteiger partial charge on any atom is -0.434 e. The van der Waals surface area contributed by atoms with Gasteiger partial charge >= 0.3 is 6.61 Å². The van der Waals surface area contributed by atoms with Gasteiger partial charge in [0.15, 0.2) is 5.82 Å². The highest BCUT2D eigenvalue weighted by molar-refractivity contribution is 6.31. The van der Waals surface area contributed by atoms with E-state index in [1.165, 1.54) is 24.5 Å². The van der Waals surface area contributed by atoms with Crippen LogP contribution in [0, 0.1) is 5.82 Å². The number of hydrogen-bond donors (Lipinski definition) is 0. The van der Waals surface area contributed by atoms with Crippen molar-refractivity contribution in [1.82, 2.24) is 24.3 Å². The van der Waals surface area contributed by atoms with E-state index >= 15 is 0 Å². The van der Waals surface area contributed by atoms with Crippen LogP contribution in [0.4, 0.5) is 13.2 Å². The highest BCUT2D eigenvalue weighted by Gasteiger charge is 2.43. The van der Waals surface area contributed by atoms with Gasteiger partial charge in [0.1, 0.15) is 29.8 Å². The number of rotatable bonds is 2. The fourth-order valence-corrected chi connectivity index (χ4v) is 4.66. The third kappa shape index (κ3) is 2.21. The molecule has 2 aliphatic heterocycles. The first-order valence-corrected chi connectivity index (χ1v) is 9.25. The molecule has 2 atom stereocenters. The second-order valence-corrected chi connectivity index (χ2v) is 7.39. The van der Waals surface area contributed by atoms with Crippen LogP contribution in [0.1, 0.15) is 29.9 Å². The topological polar surface area (TPSA) is 57.8 Å². The first-order valence-electron chi connectivity index (χ1n) is 8.87. The van der Waals surface area contributed by atoms with E-state index in [4.69, 9.17) is 16.3 Å². The van der Waals surface area contributed by atoms with E-state index in [9.17, 15) is 13.2 Å². The molecule has 0 radical (unpaired) electrons. The molecule has 0 saturated heterocycles. The van der Waals surface area contributed by atoms with E-state index in [1.54, 1.807) is 16.8 Å². The van der Waals surface area contributed by atoms with Crippen molar-refractivity contribution in [2.24, 2.45) is 0 Å². The second kappa shape index (κ2) is 5.73. The van der Waals surface area contributed by atoms with Gasteiger partial charge in [0.05, 0.1) is 22.1 Å². The van der Waals surface area contributed by atoms with E-state index < -0.39 is 12.4 Å². The lowest BCUT2D eigenvalue weighted by molar-refractivity contribution is -0.0506. The van der Waals surface area contributed by atoms with Gasteiger partial charge in [-0.15, -0.1) is 0 Å². The zero-order valence-corrected chi connectivity index (χ0v) is 15.3. The van der Waals surface area contributed by atoms with Gasteiger partial charge in [-0.3, -0.25) is 0 Å². The van der Waals surface area contributed by atoms with Gasteiger partial charge in [0, 0.05) is 23.6 Å². The van der Waals surface area contributed by atoms with Gasteiger partial charge < -0.3 is 9.30 Å². The summed E-state index contributed by atoms with van der Waals surface area (Å²) >= 11 is 6.02. The number of nitrogens with zero attached hydrogens (tertiary/aromatic N) is 5. The van der Waals surface area contributed by atoms with Crippen molar-refractivity contribution in [3.8, 4) is 17.1 Å². The molecule has 0 N–H and O–H groups in total. The normalized spacial score (nSPS) is 19.2. The molecule has 6 nitrogen and oxygen atoms in total. The molecule has 29 heavy (non-hydrogen) atoms. The number of imidazole rings is 1. The third-order valence-corrected chi connectivity index (χ3v) is 5.83. The number of hydrogen-bond acceptors (Lipinski definition) is 4. The molecule has 1 unspecified atom stereocenters. The Morgan fingerprint density at radius 2 is 2.07 bits per heavy atom. The van der Waals surface area contributed by atoms with E-state index in [-0.39, 0.29) is 22.9 Å². The van der Waals surface area contributed by atoms with E-state index in [0.717, 1.165) is 0 Å². The van der Waals surface area contributed by atoms with E-state index in [2.05, 4.69) is 15.1 Å². The maximum Gasteiger partial charge on any atom is 0.387 e. The van der Waals surface area contributed by atoms with Gasteiger partial charge in [-0.25, -0.2) is 19.0 Å². The summed E-state index contributed by atoms with van der Waals surface area (Å²) in [6.07, 6.45) is 1.95. The molecular formula is C19H11ClF3N5O. The first kappa shape index (κ1) is 16.8. The van der Waals surface area contributed by atoms with Crippen molar-refractivity contribution in [2.75, 3.05) is 0 Å². The van der Waals surface area contributed by atoms with Crippen LogP contribution in [-0.2, 0) is 0 Å². The van der Waals surface area contributed by atoms with Crippen LogP contribution in [0.3, 0.4) is 0 Å². The van der Waals surface area contributed by atoms with Crippen molar-refractivity contribution < 1.29 is 17.9 Å². The Morgan fingerprint density at radius 3 is 2.90 bits per heavy atom. The third-order valence-electron chi connectivity index (χ3n) is 5.54. The van der Waals surface area contributed by atoms with Gasteiger partial charge in [0.25, 0.3) is 0 Å². The maximum atomic E-state index is 14.0. The van der Waals surface area contributed by atoms with Gasteiger partial charge in [-0.2, -0.15) is 13.9 Å². The lowest BCUT2D eigenvalue weighted by Crippen LogP contribution is -2.14. The van der Waals surface area contributed by atoms with E-state index in [0.29, 0.717) is 40.2 Å². The number of benzene rings is 2. The molecule has 2 bridgehead atoms. The van der Waals surface area contributed by atoms with Crippen LogP contribution >= 0.6 is 11.6 Å². The Balaban J connectivity index is 1.71. The molecule has 2 aromatic heterocycles. The zero-order chi connectivity index (χ0) is 19.9. The molecule has 0 saturated carbocycles. The van der Waals surface area contributed by atoms with Crippen LogP contribution < -0.4 is 4.74 Å². The first-order chi connectivity index (χ1) is 14.0. The number of aromatic nitrogens is 5. The number of ether oxygens (including phenoxy) is 1. The SMILES string of the molecule is Fc1cc2nc3n(c2cc1Cl)[C@H]1CC3n2ncnc2-c2cccc(OC(F)F)c21. The van der Waals surface area contributed by atoms with Gasteiger partial charge in [-0.05, 0) is 12.1 Å². The highest BCUT2D eigenvalue weighted by atomic mass is 35.5. The molecule has 0 amide bonds. The quantitative estimate of drug-likeness (QED) is 0.479. The average molecular weight is 418 g/mol. The lowest BCUT2D eigenvalue weighted by Gasteiger charge is -2.21. The minimum atomic E-state index is -2.97. The van der Waals surface area contributed by atoms with Crippen molar-refractivity contribution >= 4 is 22.6 Å². The Labute approximate surface area is 166 Å². The summed E-state index contributed by atoms with van der Waals surface area (Å²) in [5.74, 6) is 0.703. The molecule has 2 aliphatic rings. The largest absolute Gasteiger partial charge is 0.434 e. The summed E-state index contributed by atoms with van der Waals surface area (Å²) in [6, 6.07) is 7.11. The highest BCUT2D eigenvalue weighted by Crippen LogP contribution is 2.51. The molecular weight excluding hydrogens is 407 g/mol. The second-order valence-electron chi connectivity index (χ2n) is 6.99. The summed E-state index contributed by atoms with van der Waals surface area (Å²) in [7, 11) is 0. The van der Waals surface area contributed by atoms with Crippen LogP contribution in [0.25, 0.3) is 22.4 Å². The van der Waals surface area contributed by atoms with Crippen molar-refractivity contribution in [2.45, 2.75) is 25.1 Å². The van der Waals surface area contributed by atoms with Gasteiger partial charge in [0.2, 0.25) is 0 Å². The van der Waals surface area contributed by atoms with Crippen LogP contribution in [-0.4, -0.2) is 30.9 Å². The molecule has 0 fully saturated rings. The minimum absolute atomic E-state index is 0.0294. The predicted molar refractivity (Wildman–Crippen MR) is 97.7 cm³/mol. The summed E-state index contributed by atoms with van der Waals surface area (Å²) in [6.45, 7) is -2.97. The molecule has 146 valence electrons. The molecule has 6 rings (SSSR count). The molecule has 4 heterocycles. The maximum absolute atomic E-state index is 14.0. The summed E-state index contributed by atoms with van der Waals surface area (Å²) < 4.78 is 48.7. The Morgan fingerprint density at radius 1 is 1.21 bits per heavy atom. The molecule has 10 heteroatoms. The van der Waals surface area contributed by atoms with Crippen molar-refractivity contribution in [3.05, 3.63) is 58.9 Å². The van der Waals surface area contributed by atoms with Gasteiger partial charge in [-0.1, -0.05) is 23.7 Å². The Bertz CT molecular complexity index is 1300. The molecule has 0 aliphatic carbocycles. The predicted octanol–water partition coefficient (Wildman–Crippen LogP) is 4.58. The van der Waals surface area contributed by atoms with Crippen molar-refractivity contribution in [3.63, 3.8) is 0 Å². The molecule has 4 aromatic rings. The monoisotopic (exact) mass is 417 g/mol. The van der Waals surface area contributed by atoms with Crippen LogP contribution in [0.2, 0.25) is 5.02 Å². The fraction of sp³-hybridized carbons (Fsp3) is 0.211. The smallest absolute Gasteiger partial charge is 0.387 e. The summed E-state index contributed by atoms with van der Waals surface area (Å²) in [4.78, 5) is 8.95. The Kier molecular flexibility index (Phi) is 3.33. The van der Waals surface area contributed by atoms with Crippen molar-refractivity contribution in [1.29, 1.82) is 0 Å². The zero-order valence-electron chi connectivity index (χ0n) is 14.6. The number of halogens is 4. The lowest BCUT2D eigenvalue weighted by atomic mass is 9.97. The molecule has 0 spiro atoms. The number of alkyl halides is 2. The summed E-state index contributed by atoms with van der Waals surface area (Å²) in [5, 5.41) is 4.32. The number of fused-ring (bicyclic) bond motifs is 6. The molecule has 2 aromatic carbocycles. The summed E-state index contributed by atoms with van der Waals surface area (Å²) in [5.41, 5.74) is 2.30.